The zero-order valence-electron chi connectivity index (χ0n) is 7.03. The van der Waals surface area contributed by atoms with Crippen molar-refractivity contribution < 1.29 is 9.59 Å². The molecule has 0 aromatic heterocycles. The summed E-state index contributed by atoms with van der Waals surface area (Å²) >= 11 is 1.47. The molecule has 0 fully saturated rings. The molecule has 0 heterocycles. The van der Waals surface area contributed by atoms with Gasteiger partial charge < -0.3 is 0 Å². The van der Waals surface area contributed by atoms with Crippen molar-refractivity contribution in [2.45, 2.75) is 18.6 Å². The molecule has 0 spiro atoms. The van der Waals surface area contributed by atoms with Crippen LogP contribution in [0.3, 0.4) is 0 Å². The number of imide groups is 1. The van der Waals surface area contributed by atoms with Crippen molar-refractivity contribution in [3.63, 3.8) is 0 Å². The predicted molar refractivity (Wildman–Crippen MR) is 46.4 cm³/mol. The lowest BCUT2D eigenvalue weighted by atomic mass is 10.3. The zero-order chi connectivity index (χ0) is 8.85. The average Bonchev–Trinajstić information content (AvgIpc) is 2.05. The lowest BCUT2D eigenvalue weighted by Crippen LogP contribution is -2.33. The summed E-state index contributed by atoms with van der Waals surface area (Å²) in [6.07, 6.45) is 3.17. The third-order valence-corrected chi connectivity index (χ3v) is 2.54. The van der Waals surface area contributed by atoms with Crippen molar-refractivity contribution in [2.24, 2.45) is 0 Å². The summed E-state index contributed by atoms with van der Waals surface area (Å²) in [7, 11) is 1.48. The van der Waals surface area contributed by atoms with E-state index in [9.17, 15) is 9.59 Å². The minimum atomic E-state index is -0.116. The Morgan fingerprint density at radius 3 is 2.55 bits per heavy atom. The Kier molecular flexibility index (Phi) is 4.94. The Morgan fingerprint density at radius 2 is 2.27 bits per heavy atom. The van der Waals surface area contributed by atoms with Crippen molar-refractivity contribution in [3.05, 3.63) is 0 Å². The number of carbonyl (C=O) groups excluding carboxylic acids is 2. The predicted octanol–water partition coefficient (Wildman–Crippen LogP) is 0.743. The highest BCUT2D eigenvalue weighted by Gasteiger charge is 2.17. The van der Waals surface area contributed by atoms with Crippen LogP contribution >= 0.6 is 11.8 Å². The van der Waals surface area contributed by atoms with Gasteiger partial charge in [0.15, 0.2) is 0 Å². The van der Waals surface area contributed by atoms with Crippen molar-refractivity contribution >= 4 is 24.1 Å². The standard InChI is InChI=1S/C7H13NO2S/c1-4-6(11-3)7(10)8(2)5-9/h5-6H,4H2,1-3H3. The molecule has 11 heavy (non-hydrogen) atoms. The van der Waals surface area contributed by atoms with E-state index >= 15 is 0 Å². The normalized spacial score (nSPS) is 12.3. The molecule has 0 aliphatic heterocycles. The largest absolute Gasteiger partial charge is 0.287 e. The monoisotopic (exact) mass is 175 g/mol. The first-order valence-electron chi connectivity index (χ1n) is 3.42. The van der Waals surface area contributed by atoms with E-state index in [1.807, 2.05) is 13.2 Å². The van der Waals surface area contributed by atoms with E-state index in [0.717, 1.165) is 11.3 Å². The van der Waals surface area contributed by atoms with E-state index in [2.05, 4.69) is 0 Å². The van der Waals surface area contributed by atoms with Crippen LogP contribution in [0, 0.1) is 0 Å². The molecule has 0 rings (SSSR count). The number of hydrogen-bond acceptors (Lipinski definition) is 3. The first kappa shape index (κ1) is 10.5. The van der Waals surface area contributed by atoms with Crippen molar-refractivity contribution in [2.75, 3.05) is 13.3 Å². The van der Waals surface area contributed by atoms with E-state index in [0.29, 0.717) is 6.41 Å². The fraction of sp³-hybridized carbons (Fsp3) is 0.714. The molecule has 0 aliphatic carbocycles. The lowest BCUT2D eigenvalue weighted by molar-refractivity contribution is -0.136. The van der Waals surface area contributed by atoms with Gasteiger partial charge in [0.25, 0.3) is 0 Å². The molecule has 0 aromatic rings. The molecular formula is C7H13NO2S. The zero-order valence-corrected chi connectivity index (χ0v) is 7.85. The summed E-state index contributed by atoms with van der Waals surface area (Å²) < 4.78 is 0. The van der Waals surface area contributed by atoms with Gasteiger partial charge in [0.1, 0.15) is 0 Å². The van der Waals surface area contributed by atoms with Crippen LogP contribution in [0.15, 0.2) is 0 Å². The number of hydrogen-bond donors (Lipinski definition) is 0. The first-order valence-corrected chi connectivity index (χ1v) is 4.70. The molecule has 0 aliphatic rings. The number of thioether (sulfide) groups is 1. The van der Waals surface area contributed by atoms with E-state index in [1.54, 1.807) is 0 Å². The van der Waals surface area contributed by atoms with Gasteiger partial charge in [0, 0.05) is 7.05 Å². The molecule has 0 aromatic carbocycles. The van der Waals surface area contributed by atoms with Gasteiger partial charge in [0.2, 0.25) is 12.3 Å². The summed E-state index contributed by atoms with van der Waals surface area (Å²) in [5, 5.41) is -0.0785. The van der Waals surface area contributed by atoms with Gasteiger partial charge in [-0.1, -0.05) is 6.92 Å². The fourth-order valence-electron chi connectivity index (χ4n) is 0.721. The summed E-state index contributed by atoms with van der Waals surface area (Å²) in [4.78, 5) is 22.5. The minimum Gasteiger partial charge on any atom is -0.287 e. The van der Waals surface area contributed by atoms with Crippen LogP contribution in [0.1, 0.15) is 13.3 Å². The molecule has 3 nitrogen and oxygen atoms in total. The third-order valence-electron chi connectivity index (χ3n) is 1.44. The second-order valence-corrected chi connectivity index (χ2v) is 3.23. The summed E-state index contributed by atoms with van der Waals surface area (Å²) in [5.41, 5.74) is 0. The third kappa shape index (κ3) is 2.93. The van der Waals surface area contributed by atoms with Crippen molar-refractivity contribution in [3.8, 4) is 0 Å². The molecular weight excluding hydrogens is 162 g/mol. The Morgan fingerprint density at radius 1 is 1.73 bits per heavy atom. The highest BCUT2D eigenvalue weighted by molar-refractivity contribution is 7.99. The van der Waals surface area contributed by atoms with Gasteiger partial charge in [-0.15, -0.1) is 0 Å². The Hall–Kier alpha value is -0.510. The molecule has 0 bridgehead atoms. The van der Waals surface area contributed by atoms with Crippen molar-refractivity contribution in [1.29, 1.82) is 0 Å². The summed E-state index contributed by atoms with van der Waals surface area (Å²) in [6, 6.07) is 0. The molecule has 4 heteroatoms. The first-order chi connectivity index (χ1) is 5.17. The summed E-state index contributed by atoms with van der Waals surface area (Å²) in [5.74, 6) is -0.116. The number of carbonyl (C=O) groups is 2. The highest BCUT2D eigenvalue weighted by atomic mass is 32.2. The Bertz CT molecular complexity index is 145. The fourth-order valence-corrected chi connectivity index (χ4v) is 1.42. The van der Waals surface area contributed by atoms with Gasteiger partial charge in [-0.05, 0) is 12.7 Å². The van der Waals surface area contributed by atoms with Gasteiger partial charge in [0.05, 0.1) is 5.25 Å². The van der Waals surface area contributed by atoms with Gasteiger partial charge in [-0.2, -0.15) is 11.8 Å². The van der Waals surface area contributed by atoms with E-state index in [-0.39, 0.29) is 11.2 Å². The molecule has 0 saturated heterocycles. The molecule has 1 unspecified atom stereocenters. The highest BCUT2D eigenvalue weighted by Crippen LogP contribution is 2.12. The molecule has 0 radical (unpaired) electrons. The van der Waals surface area contributed by atoms with Gasteiger partial charge in [-0.25, -0.2) is 0 Å². The number of amides is 2. The Labute approximate surface area is 71.1 Å². The smallest absolute Gasteiger partial charge is 0.241 e. The number of rotatable bonds is 4. The lowest BCUT2D eigenvalue weighted by Gasteiger charge is -2.15. The van der Waals surface area contributed by atoms with Crippen LogP contribution in [0.2, 0.25) is 0 Å². The quantitative estimate of drug-likeness (QED) is 0.591. The van der Waals surface area contributed by atoms with Crippen LogP contribution in [-0.4, -0.2) is 35.8 Å². The molecule has 1 atom stereocenters. The Balaban J connectivity index is 4.08. The maximum Gasteiger partial charge on any atom is 0.241 e. The second-order valence-electron chi connectivity index (χ2n) is 2.19. The molecule has 2 amide bonds. The maximum atomic E-state index is 11.2. The van der Waals surface area contributed by atoms with E-state index in [1.165, 1.54) is 18.8 Å². The van der Waals surface area contributed by atoms with Crippen LogP contribution in [0.25, 0.3) is 0 Å². The van der Waals surface area contributed by atoms with Gasteiger partial charge in [-0.3, -0.25) is 14.5 Å². The average molecular weight is 175 g/mol. The molecule has 64 valence electrons. The van der Waals surface area contributed by atoms with Crippen LogP contribution < -0.4 is 0 Å². The molecule has 0 N–H and O–H groups in total. The van der Waals surface area contributed by atoms with E-state index < -0.39 is 0 Å². The second kappa shape index (κ2) is 5.18. The van der Waals surface area contributed by atoms with Crippen LogP contribution in [-0.2, 0) is 9.59 Å². The number of nitrogens with zero attached hydrogens (tertiary/aromatic N) is 1. The van der Waals surface area contributed by atoms with Crippen LogP contribution in [0.5, 0.6) is 0 Å². The minimum absolute atomic E-state index is 0.0785. The maximum absolute atomic E-state index is 11.2. The van der Waals surface area contributed by atoms with Crippen molar-refractivity contribution in [1.82, 2.24) is 4.90 Å². The van der Waals surface area contributed by atoms with Crippen LogP contribution in [0.4, 0.5) is 0 Å². The topological polar surface area (TPSA) is 37.4 Å². The van der Waals surface area contributed by atoms with Gasteiger partial charge >= 0.3 is 0 Å². The molecule has 0 saturated carbocycles. The SMILES string of the molecule is CCC(SC)C(=O)N(C)C=O. The van der Waals surface area contributed by atoms with E-state index in [4.69, 9.17) is 0 Å². The summed E-state index contributed by atoms with van der Waals surface area (Å²) in [6.45, 7) is 1.93.